The third kappa shape index (κ3) is 6.21. The van der Waals surface area contributed by atoms with Crippen molar-refractivity contribution in [2.24, 2.45) is 0 Å². The zero-order chi connectivity index (χ0) is 19.8. The van der Waals surface area contributed by atoms with Crippen LogP contribution in [0.15, 0.2) is 30.3 Å². The van der Waals surface area contributed by atoms with E-state index >= 15 is 0 Å². The van der Waals surface area contributed by atoms with Crippen LogP contribution in [-0.2, 0) is 40.2 Å². The van der Waals surface area contributed by atoms with Crippen LogP contribution in [0, 0.1) is 0 Å². The molecule has 1 N–H and O–H groups in total. The molecule has 0 unspecified atom stereocenters. The normalized spacial score (nSPS) is 14.6. The molecule has 1 aliphatic rings. The van der Waals surface area contributed by atoms with E-state index in [-0.39, 0.29) is 32.3 Å². The van der Waals surface area contributed by atoms with Gasteiger partial charge in [-0.1, -0.05) is 30.3 Å². The molecule has 9 heteroatoms. The Morgan fingerprint density at radius 2 is 1.74 bits per heavy atom. The fourth-order valence-corrected chi connectivity index (χ4v) is 2.39. The highest BCUT2D eigenvalue weighted by Gasteiger charge is 2.33. The molecule has 1 aliphatic heterocycles. The van der Waals surface area contributed by atoms with Crippen molar-refractivity contribution in [3.8, 4) is 0 Å². The molecule has 1 heterocycles. The largest absolute Gasteiger partial charge is 0.459 e. The molecule has 2 rings (SSSR count). The van der Waals surface area contributed by atoms with Crippen LogP contribution in [0.1, 0.15) is 38.2 Å². The number of benzene rings is 1. The van der Waals surface area contributed by atoms with Crippen LogP contribution in [0.2, 0.25) is 0 Å². The van der Waals surface area contributed by atoms with Gasteiger partial charge in [-0.25, -0.2) is 9.59 Å². The molecule has 0 radical (unpaired) electrons. The monoisotopic (exact) mass is 376 g/mol. The first-order chi connectivity index (χ1) is 12.9. The topological polar surface area (TPSA) is 119 Å². The lowest BCUT2D eigenvalue weighted by Gasteiger charge is -2.17. The van der Waals surface area contributed by atoms with E-state index in [9.17, 15) is 24.0 Å². The molecule has 9 nitrogen and oxygen atoms in total. The lowest BCUT2D eigenvalue weighted by Crippen LogP contribution is -2.41. The molecule has 1 saturated heterocycles. The Balaban J connectivity index is 1.86. The molecule has 1 atom stereocenters. The first-order valence-electron chi connectivity index (χ1n) is 8.41. The standard InChI is InChI=1S/C18H20N2O7/c1-12(21)19-14(18(25)26-11-13-5-3-2-4-6-13)7-10-17(24)27-20-15(22)8-9-16(20)23/h2-6,14H,7-11H2,1H3,(H,19,21)/t14-/m1/s1. The molecule has 1 aromatic carbocycles. The van der Waals surface area contributed by atoms with Crippen molar-refractivity contribution in [3.05, 3.63) is 35.9 Å². The fraction of sp³-hybridized carbons (Fsp3) is 0.389. The average molecular weight is 376 g/mol. The van der Waals surface area contributed by atoms with Gasteiger partial charge in [0.2, 0.25) is 5.91 Å². The summed E-state index contributed by atoms with van der Waals surface area (Å²) >= 11 is 0. The Morgan fingerprint density at radius 1 is 1.11 bits per heavy atom. The molecule has 0 bridgehead atoms. The highest BCUT2D eigenvalue weighted by atomic mass is 16.7. The van der Waals surface area contributed by atoms with Gasteiger partial charge in [0.05, 0.1) is 6.42 Å². The van der Waals surface area contributed by atoms with E-state index in [0.29, 0.717) is 5.06 Å². The van der Waals surface area contributed by atoms with Crippen molar-refractivity contribution in [1.82, 2.24) is 10.4 Å². The minimum Gasteiger partial charge on any atom is -0.459 e. The number of hydrogen-bond donors (Lipinski definition) is 1. The molecule has 0 aromatic heterocycles. The summed E-state index contributed by atoms with van der Waals surface area (Å²) in [5.74, 6) is -3.20. The number of esters is 1. The minimum atomic E-state index is -1.05. The lowest BCUT2D eigenvalue weighted by molar-refractivity contribution is -0.197. The molecule has 1 aromatic rings. The number of amides is 3. The maximum atomic E-state index is 12.2. The van der Waals surface area contributed by atoms with E-state index in [1.54, 1.807) is 24.3 Å². The van der Waals surface area contributed by atoms with Gasteiger partial charge in [0.25, 0.3) is 11.8 Å². The van der Waals surface area contributed by atoms with E-state index in [1.165, 1.54) is 6.92 Å². The zero-order valence-electron chi connectivity index (χ0n) is 14.8. The van der Waals surface area contributed by atoms with Crippen LogP contribution in [-0.4, -0.2) is 40.8 Å². The van der Waals surface area contributed by atoms with Gasteiger partial charge in [0, 0.05) is 19.8 Å². The Kier molecular flexibility index (Phi) is 7.04. The van der Waals surface area contributed by atoms with Gasteiger partial charge in [-0.15, -0.1) is 5.06 Å². The van der Waals surface area contributed by atoms with Crippen LogP contribution < -0.4 is 5.32 Å². The van der Waals surface area contributed by atoms with E-state index in [4.69, 9.17) is 9.57 Å². The van der Waals surface area contributed by atoms with E-state index in [1.807, 2.05) is 6.07 Å². The van der Waals surface area contributed by atoms with Gasteiger partial charge >= 0.3 is 11.9 Å². The second kappa shape index (κ2) is 9.46. The molecule has 27 heavy (non-hydrogen) atoms. The number of hydroxylamine groups is 2. The maximum absolute atomic E-state index is 12.2. The van der Waals surface area contributed by atoms with Crippen LogP contribution in [0.5, 0.6) is 0 Å². The van der Waals surface area contributed by atoms with Crippen LogP contribution in [0.25, 0.3) is 0 Å². The smallest absolute Gasteiger partial charge is 0.333 e. The number of hydrogen-bond acceptors (Lipinski definition) is 7. The maximum Gasteiger partial charge on any atom is 0.333 e. The second-order valence-corrected chi connectivity index (χ2v) is 5.93. The number of nitrogens with one attached hydrogen (secondary N) is 1. The number of rotatable bonds is 8. The Labute approximate surface area is 155 Å². The first kappa shape index (κ1) is 20.1. The predicted octanol–water partition coefficient (Wildman–Crippen LogP) is 0.622. The lowest BCUT2D eigenvalue weighted by atomic mass is 10.1. The molecule has 144 valence electrons. The van der Waals surface area contributed by atoms with E-state index < -0.39 is 35.7 Å². The molecule has 0 aliphatic carbocycles. The zero-order valence-corrected chi connectivity index (χ0v) is 14.8. The van der Waals surface area contributed by atoms with Gasteiger partial charge in [0.1, 0.15) is 12.6 Å². The third-order valence-corrected chi connectivity index (χ3v) is 3.72. The van der Waals surface area contributed by atoms with Gasteiger partial charge in [-0.2, -0.15) is 0 Å². The summed E-state index contributed by atoms with van der Waals surface area (Å²) in [6, 6.07) is 7.93. The van der Waals surface area contributed by atoms with Gasteiger partial charge in [-0.05, 0) is 12.0 Å². The van der Waals surface area contributed by atoms with Crippen LogP contribution in [0.4, 0.5) is 0 Å². The Morgan fingerprint density at radius 3 is 2.33 bits per heavy atom. The predicted molar refractivity (Wildman–Crippen MR) is 90.3 cm³/mol. The summed E-state index contributed by atoms with van der Waals surface area (Å²) in [5.41, 5.74) is 0.776. The molecule has 0 spiro atoms. The minimum absolute atomic E-state index is 0.00750. The summed E-state index contributed by atoms with van der Waals surface area (Å²) in [6.45, 7) is 1.26. The van der Waals surface area contributed by atoms with Gasteiger partial charge in [-0.3, -0.25) is 14.4 Å². The van der Waals surface area contributed by atoms with Crippen molar-refractivity contribution in [2.45, 2.75) is 45.3 Å². The molecular weight excluding hydrogens is 356 g/mol. The van der Waals surface area contributed by atoms with Crippen molar-refractivity contribution in [2.75, 3.05) is 0 Å². The third-order valence-electron chi connectivity index (χ3n) is 3.72. The number of nitrogens with zero attached hydrogens (tertiary/aromatic N) is 1. The summed E-state index contributed by atoms with van der Waals surface area (Å²) in [4.78, 5) is 63.0. The highest BCUT2D eigenvalue weighted by Crippen LogP contribution is 2.13. The quantitative estimate of drug-likeness (QED) is 0.522. The summed E-state index contributed by atoms with van der Waals surface area (Å²) in [7, 11) is 0. The molecule has 3 amide bonds. The molecule has 1 fully saturated rings. The number of carbonyl (C=O) groups excluding carboxylic acids is 5. The van der Waals surface area contributed by atoms with Gasteiger partial charge < -0.3 is 14.9 Å². The average Bonchev–Trinajstić information content (AvgIpc) is 2.95. The van der Waals surface area contributed by atoms with E-state index in [2.05, 4.69) is 5.32 Å². The highest BCUT2D eigenvalue weighted by molar-refractivity contribution is 6.01. The van der Waals surface area contributed by atoms with Crippen molar-refractivity contribution in [1.29, 1.82) is 0 Å². The molecular formula is C18H20N2O7. The number of ether oxygens (including phenoxy) is 1. The SMILES string of the molecule is CC(=O)N[C@H](CCC(=O)ON1C(=O)CCC1=O)C(=O)OCc1ccccc1. The Bertz CT molecular complexity index is 716. The van der Waals surface area contributed by atoms with Crippen molar-refractivity contribution >= 4 is 29.7 Å². The summed E-state index contributed by atoms with van der Waals surface area (Å²) in [5, 5.41) is 2.85. The van der Waals surface area contributed by atoms with Crippen LogP contribution in [0.3, 0.4) is 0 Å². The summed E-state index contributed by atoms with van der Waals surface area (Å²) in [6.07, 6.45) is -0.399. The molecule has 0 saturated carbocycles. The van der Waals surface area contributed by atoms with Gasteiger partial charge in [0.15, 0.2) is 0 Å². The van der Waals surface area contributed by atoms with Crippen molar-refractivity contribution in [3.63, 3.8) is 0 Å². The second-order valence-electron chi connectivity index (χ2n) is 5.93. The van der Waals surface area contributed by atoms with Crippen LogP contribution >= 0.6 is 0 Å². The number of imide groups is 1. The van der Waals surface area contributed by atoms with Crippen molar-refractivity contribution < 1.29 is 33.5 Å². The Hall–Kier alpha value is -3.23. The first-order valence-corrected chi connectivity index (χ1v) is 8.41. The number of carbonyl (C=O) groups is 5. The fourth-order valence-electron chi connectivity index (χ4n) is 2.39. The van der Waals surface area contributed by atoms with E-state index in [0.717, 1.165) is 5.56 Å². The summed E-state index contributed by atoms with van der Waals surface area (Å²) < 4.78 is 5.17.